The second kappa shape index (κ2) is 8.06. The Morgan fingerprint density at radius 1 is 0.971 bits per heavy atom. The maximum atomic E-state index is 13.4. The summed E-state index contributed by atoms with van der Waals surface area (Å²) in [6.45, 7) is 1.88. The number of carbonyl (C=O) groups is 2. The van der Waals surface area contributed by atoms with E-state index >= 15 is 0 Å². The van der Waals surface area contributed by atoms with E-state index in [1.807, 2.05) is 31.2 Å². The monoisotopic (exact) mass is 452 g/mol. The molecule has 2 saturated carbocycles. The van der Waals surface area contributed by atoms with Gasteiger partial charge in [-0.2, -0.15) is 9.78 Å². The number of benzene rings is 1. The lowest BCUT2D eigenvalue weighted by atomic mass is 10.1. The van der Waals surface area contributed by atoms with Gasteiger partial charge >= 0.3 is 0 Å². The molecule has 2 aliphatic carbocycles. The number of pyridine rings is 2. The van der Waals surface area contributed by atoms with Gasteiger partial charge in [0.2, 0.25) is 5.91 Å². The van der Waals surface area contributed by atoms with Gasteiger partial charge in [0.1, 0.15) is 0 Å². The van der Waals surface area contributed by atoms with Crippen LogP contribution in [0.25, 0.3) is 16.9 Å². The third-order valence-corrected chi connectivity index (χ3v) is 6.30. The van der Waals surface area contributed by atoms with Crippen LogP contribution in [-0.4, -0.2) is 31.6 Å². The van der Waals surface area contributed by atoms with Crippen LogP contribution in [0.2, 0.25) is 0 Å². The van der Waals surface area contributed by atoms with Gasteiger partial charge in [-0.3, -0.25) is 9.59 Å². The molecule has 0 aliphatic heterocycles. The number of rotatable bonds is 6. The lowest BCUT2D eigenvalue weighted by molar-refractivity contribution is -0.117. The molecule has 3 aromatic heterocycles. The van der Waals surface area contributed by atoms with Gasteiger partial charge in [0.25, 0.3) is 5.91 Å². The summed E-state index contributed by atoms with van der Waals surface area (Å²) in [7, 11) is 0. The third kappa shape index (κ3) is 3.91. The molecule has 3 heterocycles. The van der Waals surface area contributed by atoms with Crippen molar-refractivity contribution in [2.75, 3.05) is 10.6 Å². The summed E-state index contributed by atoms with van der Waals surface area (Å²) in [6.07, 6.45) is 5.78. The van der Waals surface area contributed by atoms with Crippen LogP contribution in [-0.2, 0) is 4.79 Å². The van der Waals surface area contributed by atoms with E-state index in [1.165, 1.54) is 0 Å². The maximum absolute atomic E-state index is 13.4. The summed E-state index contributed by atoms with van der Waals surface area (Å²) in [5.41, 5.74) is 4.21. The summed E-state index contributed by atoms with van der Waals surface area (Å²) < 4.78 is 1.71. The number of hydrogen-bond donors (Lipinski definition) is 2. The zero-order valence-electron chi connectivity index (χ0n) is 18.8. The van der Waals surface area contributed by atoms with Gasteiger partial charge in [0.15, 0.2) is 11.5 Å². The minimum atomic E-state index is -0.215. The Balaban J connectivity index is 1.33. The number of nitrogens with zero attached hydrogens (tertiary/aromatic N) is 4. The zero-order chi connectivity index (χ0) is 23.2. The first-order chi connectivity index (χ1) is 16.6. The van der Waals surface area contributed by atoms with E-state index in [0.717, 1.165) is 48.1 Å². The second-order valence-electron chi connectivity index (χ2n) is 9.05. The zero-order valence-corrected chi connectivity index (χ0v) is 18.8. The van der Waals surface area contributed by atoms with Crippen LogP contribution in [0.15, 0.2) is 54.7 Å². The van der Waals surface area contributed by atoms with Crippen LogP contribution in [0.1, 0.15) is 53.3 Å². The molecule has 2 amide bonds. The molecule has 1 aromatic carbocycles. The van der Waals surface area contributed by atoms with Gasteiger partial charge in [-0.25, -0.2) is 9.97 Å². The molecular formula is C26H24N6O2. The minimum absolute atomic E-state index is 0.0592. The number of amides is 2. The Labute approximate surface area is 196 Å². The van der Waals surface area contributed by atoms with Crippen molar-refractivity contribution in [2.24, 2.45) is 5.92 Å². The largest absolute Gasteiger partial charge is 0.326 e. The molecule has 2 fully saturated rings. The Kier molecular flexibility index (Phi) is 4.86. The molecule has 0 atom stereocenters. The Hall–Kier alpha value is -4.07. The Morgan fingerprint density at radius 2 is 1.71 bits per heavy atom. The van der Waals surface area contributed by atoms with Crippen LogP contribution in [0.5, 0.6) is 0 Å². The molecule has 6 rings (SSSR count). The van der Waals surface area contributed by atoms with E-state index in [1.54, 1.807) is 35.1 Å². The van der Waals surface area contributed by atoms with Gasteiger partial charge in [-0.15, -0.1) is 0 Å². The summed E-state index contributed by atoms with van der Waals surface area (Å²) >= 11 is 0. The molecular weight excluding hydrogens is 428 g/mol. The quantitative estimate of drug-likeness (QED) is 0.445. The summed E-state index contributed by atoms with van der Waals surface area (Å²) in [4.78, 5) is 34.7. The molecule has 4 aromatic rings. The fraction of sp³-hybridized carbons (Fsp3) is 0.269. The van der Waals surface area contributed by atoms with Crippen molar-refractivity contribution in [1.29, 1.82) is 0 Å². The van der Waals surface area contributed by atoms with Gasteiger partial charge in [0.05, 0.1) is 16.6 Å². The smallest absolute Gasteiger partial charge is 0.256 e. The van der Waals surface area contributed by atoms with Gasteiger partial charge in [-0.1, -0.05) is 6.07 Å². The van der Waals surface area contributed by atoms with Crippen LogP contribution in [0.4, 0.5) is 11.4 Å². The molecule has 8 nitrogen and oxygen atoms in total. The molecule has 8 heteroatoms. The molecule has 0 bridgehead atoms. The van der Waals surface area contributed by atoms with E-state index in [4.69, 9.17) is 4.98 Å². The number of carbonyl (C=O) groups excluding carboxylic acids is 2. The van der Waals surface area contributed by atoms with Gasteiger partial charge < -0.3 is 10.6 Å². The van der Waals surface area contributed by atoms with Crippen molar-refractivity contribution in [3.8, 4) is 5.82 Å². The Bertz CT molecular complexity index is 1400. The van der Waals surface area contributed by atoms with Crippen LogP contribution in [0.3, 0.4) is 0 Å². The number of fused-ring (bicyclic) bond motifs is 1. The van der Waals surface area contributed by atoms with Crippen LogP contribution in [0, 0.1) is 12.8 Å². The van der Waals surface area contributed by atoms with E-state index in [-0.39, 0.29) is 17.7 Å². The van der Waals surface area contributed by atoms with Crippen LogP contribution < -0.4 is 10.6 Å². The predicted molar refractivity (Wildman–Crippen MR) is 129 cm³/mol. The third-order valence-electron chi connectivity index (χ3n) is 6.30. The van der Waals surface area contributed by atoms with E-state index in [9.17, 15) is 9.59 Å². The molecule has 0 unspecified atom stereocenters. The lowest BCUT2D eigenvalue weighted by Crippen LogP contribution is -2.15. The fourth-order valence-electron chi connectivity index (χ4n) is 4.14. The number of aromatic nitrogens is 4. The van der Waals surface area contributed by atoms with Crippen molar-refractivity contribution in [1.82, 2.24) is 19.7 Å². The molecule has 2 aliphatic rings. The van der Waals surface area contributed by atoms with Crippen molar-refractivity contribution in [3.05, 3.63) is 71.7 Å². The first-order valence-electron chi connectivity index (χ1n) is 11.6. The first-order valence-corrected chi connectivity index (χ1v) is 11.6. The van der Waals surface area contributed by atoms with Gasteiger partial charge in [0, 0.05) is 35.1 Å². The highest BCUT2D eigenvalue weighted by Crippen LogP contribution is 2.40. The highest BCUT2D eigenvalue weighted by Gasteiger charge is 2.30. The maximum Gasteiger partial charge on any atom is 0.256 e. The van der Waals surface area contributed by atoms with E-state index in [0.29, 0.717) is 28.6 Å². The van der Waals surface area contributed by atoms with Gasteiger partial charge in [-0.05, 0) is 75.1 Å². The van der Waals surface area contributed by atoms with Crippen molar-refractivity contribution in [2.45, 2.75) is 38.5 Å². The molecule has 0 spiro atoms. The normalized spacial score (nSPS) is 15.3. The predicted octanol–water partition coefficient (Wildman–Crippen LogP) is 4.60. The average molecular weight is 453 g/mol. The topological polar surface area (TPSA) is 102 Å². The lowest BCUT2D eigenvalue weighted by Gasteiger charge is -2.10. The standard InChI is InChI=1S/C26H24N6O2/c1-15-23-20(26(34)29-19-11-9-18(10-12-19)28-25(33)17-7-8-17)14-21(16-5-6-16)30-24(23)32(31-15)22-4-2-3-13-27-22/h2-4,9-14,16-17H,5-8H2,1H3,(H,28,33)(H,29,34). The number of nitrogens with one attached hydrogen (secondary N) is 2. The molecule has 170 valence electrons. The second-order valence-corrected chi connectivity index (χ2v) is 9.05. The first kappa shape index (κ1) is 20.5. The van der Waals surface area contributed by atoms with Crippen LogP contribution >= 0.6 is 0 Å². The fourth-order valence-corrected chi connectivity index (χ4v) is 4.14. The van der Waals surface area contributed by atoms with Crippen molar-refractivity contribution < 1.29 is 9.59 Å². The summed E-state index contributed by atoms with van der Waals surface area (Å²) in [6, 6.07) is 14.7. The average Bonchev–Trinajstić information content (AvgIpc) is 3.77. The number of aryl methyl sites for hydroxylation is 1. The van der Waals surface area contributed by atoms with Crippen molar-refractivity contribution >= 4 is 34.2 Å². The highest BCUT2D eigenvalue weighted by atomic mass is 16.2. The van der Waals surface area contributed by atoms with E-state index in [2.05, 4.69) is 20.7 Å². The molecule has 2 N–H and O–H groups in total. The molecule has 0 saturated heterocycles. The minimum Gasteiger partial charge on any atom is -0.326 e. The molecule has 34 heavy (non-hydrogen) atoms. The van der Waals surface area contributed by atoms with Crippen molar-refractivity contribution in [3.63, 3.8) is 0 Å². The number of hydrogen-bond acceptors (Lipinski definition) is 5. The summed E-state index contributed by atoms with van der Waals surface area (Å²) in [5, 5.41) is 11.3. The van der Waals surface area contributed by atoms with E-state index < -0.39 is 0 Å². The SMILES string of the molecule is Cc1nn(-c2ccccn2)c2nc(C3CC3)cc(C(=O)Nc3ccc(NC(=O)C4CC4)cc3)c12. The number of anilines is 2. The summed E-state index contributed by atoms with van der Waals surface area (Å²) in [5.74, 6) is 1.02. The molecule has 0 radical (unpaired) electrons. The Morgan fingerprint density at radius 3 is 2.35 bits per heavy atom. The highest BCUT2D eigenvalue weighted by molar-refractivity contribution is 6.13.